The Morgan fingerprint density at radius 2 is 2.25 bits per heavy atom. The first-order valence-corrected chi connectivity index (χ1v) is 8.74. The van der Waals surface area contributed by atoms with Gasteiger partial charge in [-0.05, 0) is 55.8 Å². The van der Waals surface area contributed by atoms with Crippen molar-refractivity contribution in [1.29, 1.82) is 0 Å². The largest absolute Gasteiger partial charge is 0.481 e. The van der Waals surface area contributed by atoms with Crippen molar-refractivity contribution < 1.29 is 9.90 Å². The zero-order valence-electron chi connectivity index (χ0n) is 14.2. The first-order chi connectivity index (χ1) is 11.7. The highest BCUT2D eigenvalue weighted by Gasteiger charge is 2.25. The van der Waals surface area contributed by atoms with Gasteiger partial charge in [0.1, 0.15) is 0 Å². The van der Waals surface area contributed by atoms with E-state index < -0.39 is 11.9 Å². The van der Waals surface area contributed by atoms with Crippen LogP contribution in [0.25, 0.3) is 5.69 Å². The normalized spacial score (nSPS) is 14.1. The van der Waals surface area contributed by atoms with Gasteiger partial charge < -0.3 is 15.4 Å². The maximum atomic E-state index is 11.5. The Kier molecular flexibility index (Phi) is 5.00. The fourth-order valence-corrected chi connectivity index (χ4v) is 3.67. The molecular formula is C19H25N3O2. The van der Waals surface area contributed by atoms with E-state index >= 15 is 0 Å². The lowest BCUT2D eigenvalue weighted by Crippen LogP contribution is -2.20. The Bertz CT molecular complexity index is 736. The monoisotopic (exact) mass is 327 g/mol. The van der Waals surface area contributed by atoms with E-state index in [-0.39, 0.29) is 0 Å². The molecule has 0 saturated carbocycles. The van der Waals surface area contributed by atoms with E-state index in [9.17, 15) is 9.90 Å². The molecule has 0 spiro atoms. The zero-order chi connectivity index (χ0) is 17.1. The van der Waals surface area contributed by atoms with Gasteiger partial charge >= 0.3 is 5.97 Å². The molecule has 24 heavy (non-hydrogen) atoms. The second-order valence-corrected chi connectivity index (χ2v) is 6.45. The third-order valence-corrected chi connectivity index (χ3v) is 5.00. The predicted octanol–water partition coefficient (Wildman–Crippen LogP) is 2.52. The van der Waals surface area contributed by atoms with E-state index in [0.29, 0.717) is 19.4 Å². The highest BCUT2D eigenvalue weighted by atomic mass is 16.4. The van der Waals surface area contributed by atoms with E-state index in [1.165, 1.54) is 16.8 Å². The van der Waals surface area contributed by atoms with Crippen LogP contribution in [0, 0.1) is 5.92 Å². The number of carboxylic acid groups (broad SMARTS) is 1. The number of aryl methyl sites for hydroxylation is 1. The van der Waals surface area contributed by atoms with Gasteiger partial charge in [0.15, 0.2) is 0 Å². The molecule has 128 valence electrons. The molecule has 0 saturated heterocycles. The highest BCUT2D eigenvalue weighted by Crippen LogP contribution is 2.30. The first kappa shape index (κ1) is 16.7. The summed E-state index contributed by atoms with van der Waals surface area (Å²) in [6, 6.07) is 6.41. The first-order valence-electron chi connectivity index (χ1n) is 8.74. The van der Waals surface area contributed by atoms with E-state index in [2.05, 4.69) is 34.7 Å². The third kappa shape index (κ3) is 3.08. The van der Waals surface area contributed by atoms with Crippen LogP contribution in [0.2, 0.25) is 0 Å². The maximum Gasteiger partial charge on any atom is 0.306 e. The van der Waals surface area contributed by atoms with Crippen LogP contribution in [-0.4, -0.2) is 27.2 Å². The minimum atomic E-state index is -0.755. The van der Waals surface area contributed by atoms with Crippen molar-refractivity contribution in [2.45, 2.75) is 45.4 Å². The molecule has 0 bridgehead atoms. The molecule has 2 heterocycles. The fraction of sp³-hybridized carbons (Fsp3) is 0.474. The number of imidazole rings is 1. The average molecular weight is 327 g/mol. The Hall–Kier alpha value is -2.14. The van der Waals surface area contributed by atoms with E-state index in [1.807, 2.05) is 6.33 Å². The number of fused-ring (bicyclic) bond motifs is 3. The van der Waals surface area contributed by atoms with Crippen molar-refractivity contribution >= 4 is 5.97 Å². The van der Waals surface area contributed by atoms with Crippen molar-refractivity contribution in [2.24, 2.45) is 11.7 Å². The molecule has 0 amide bonds. The lowest BCUT2D eigenvalue weighted by atomic mass is 9.92. The van der Waals surface area contributed by atoms with Crippen LogP contribution in [-0.2, 0) is 30.5 Å². The summed E-state index contributed by atoms with van der Waals surface area (Å²) < 4.78 is 2.15. The molecule has 3 rings (SSSR count). The molecule has 3 N–H and O–H groups in total. The lowest BCUT2D eigenvalue weighted by molar-refractivity contribution is -0.142. The van der Waals surface area contributed by atoms with Crippen molar-refractivity contribution in [3.05, 3.63) is 47.0 Å². The average Bonchev–Trinajstić information content (AvgIpc) is 3.01. The van der Waals surface area contributed by atoms with Gasteiger partial charge in [-0.3, -0.25) is 4.79 Å². The van der Waals surface area contributed by atoms with Crippen molar-refractivity contribution in [3.63, 3.8) is 0 Å². The summed E-state index contributed by atoms with van der Waals surface area (Å²) in [4.78, 5) is 16.1. The lowest BCUT2D eigenvalue weighted by Gasteiger charge is -2.22. The molecule has 1 aliphatic heterocycles. The number of nitrogens with zero attached hydrogens (tertiary/aromatic N) is 2. The van der Waals surface area contributed by atoms with Crippen molar-refractivity contribution in [2.75, 3.05) is 6.54 Å². The molecule has 2 aromatic rings. The van der Waals surface area contributed by atoms with Gasteiger partial charge in [0.05, 0.1) is 23.6 Å². The van der Waals surface area contributed by atoms with Crippen LogP contribution in [0.4, 0.5) is 0 Å². The number of hydrogen-bond donors (Lipinski definition) is 2. The summed E-state index contributed by atoms with van der Waals surface area (Å²) >= 11 is 0. The molecule has 1 unspecified atom stereocenters. The molecule has 0 radical (unpaired) electrons. The maximum absolute atomic E-state index is 11.5. The summed E-state index contributed by atoms with van der Waals surface area (Å²) in [6.07, 6.45) is 6.62. The van der Waals surface area contributed by atoms with Crippen molar-refractivity contribution in [3.8, 4) is 5.69 Å². The minimum absolute atomic E-state index is 0.406. The van der Waals surface area contributed by atoms with Gasteiger partial charge in [-0.1, -0.05) is 19.1 Å². The van der Waals surface area contributed by atoms with Gasteiger partial charge in [0, 0.05) is 12.1 Å². The van der Waals surface area contributed by atoms with Crippen LogP contribution in [0.3, 0.4) is 0 Å². The zero-order valence-corrected chi connectivity index (χ0v) is 14.2. The number of carbonyl (C=O) groups is 1. The standard InChI is InChI=1S/C19H25N3O2/c1-2-13-5-3-7-17-15(13)8-9-18-16(21-12-22(17)18)11-14(19(23)24)6-4-10-20/h3,5,7,12,14H,2,4,6,8-11,20H2,1H3,(H,23,24). The van der Waals surface area contributed by atoms with Gasteiger partial charge in [0.25, 0.3) is 0 Å². The predicted molar refractivity (Wildman–Crippen MR) is 93.5 cm³/mol. The Balaban J connectivity index is 1.90. The number of aliphatic carboxylic acids is 1. The molecule has 1 aromatic carbocycles. The van der Waals surface area contributed by atoms with Crippen LogP contribution < -0.4 is 5.73 Å². The summed E-state index contributed by atoms with van der Waals surface area (Å²) in [5.74, 6) is -1.16. The van der Waals surface area contributed by atoms with Crippen LogP contribution in [0.15, 0.2) is 24.5 Å². The van der Waals surface area contributed by atoms with Crippen LogP contribution >= 0.6 is 0 Å². The van der Waals surface area contributed by atoms with Gasteiger partial charge in [0.2, 0.25) is 0 Å². The Morgan fingerprint density at radius 3 is 2.96 bits per heavy atom. The SMILES string of the molecule is CCc1cccc2c1CCc1c(CC(CCCN)C(=O)O)ncn1-2. The minimum Gasteiger partial charge on any atom is -0.481 e. The second-order valence-electron chi connectivity index (χ2n) is 6.45. The summed E-state index contributed by atoms with van der Waals surface area (Å²) in [5.41, 5.74) is 11.6. The topological polar surface area (TPSA) is 81.1 Å². The Morgan fingerprint density at radius 1 is 1.42 bits per heavy atom. The van der Waals surface area contributed by atoms with Gasteiger partial charge in [-0.15, -0.1) is 0 Å². The van der Waals surface area contributed by atoms with E-state index in [4.69, 9.17) is 5.73 Å². The second kappa shape index (κ2) is 7.18. The van der Waals surface area contributed by atoms with E-state index in [1.54, 1.807) is 0 Å². The summed E-state index contributed by atoms with van der Waals surface area (Å²) in [7, 11) is 0. The molecule has 1 aliphatic rings. The quantitative estimate of drug-likeness (QED) is 0.819. The number of carboxylic acids is 1. The van der Waals surface area contributed by atoms with Crippen molar-refractivity contribution in [1.82, 2.24) is 9.55 Å². The van der Waals surface area contributed by atoms with Crippen LogP contribution in [0.1, 0.15) is 42.3 Å². The number of hydrogen-bond acceptors (Lipinski definition) is 3. The molecule has 0 aliphatic carbocycles. The number of benzene rings is 1. The van der Waals surface area contributed by atoms with Gasteiger partial charge in [-0.2, -0.15) is 0 Å². The molecular weight excluding hydrogens is 302 g/mol. The Labute approximate surface area is 142 Å². The van der Waals surface area contributed by atoms with Crippen LogP contribution in [0.5, 0.6) is 0 Å². The molecule has 1 atom stereocenters. The third-order valence-electron chi connectivity index (χ3n) is 5.00. The smallest absolute Gasteiger partial charge is 0.306 e. The highest BCUT2D eigenvalue weighted by molar-refractivity contribution is 5.70. The molecule has 1 aromatic heterocycles. The van der Waals surface area contributed by atoms with Gasteiger partial charge in [-0.25, -0.2) is 4.98 Å². The fourth-order valence-electron chi connectivity index (χ4n) is 3.67. The number of aromatic nitrogens is 2. The molecule has 0 fully saturated rings. The number of rotatable bonds is 7. The molecule has 5 nitrogen and oxygen atoms in total. The molecule has 5 heteroatoms. The van der Waals surface area contributed by atoms with E-state index in [0.717, 1.165) is 37.1 Å². The summed E-state index contributed by atoms with van der Waals surface area (Å²) in [6.45, 7) is 2.71. The number of nitrogens with two attached hydrogens (primary N) is 1. The summed E-state index contributed by atoms with van der Waals surface area (Å²) in [5, 5.41) is 9.45.